The zero-order valence-corrected chi connectivity index (χ0v) is 40.7. The Hall–Kier alpha value is -6.31. The molecule has 5 aliphatic rings. The van der Waals surface area contributed by atoms with Crippen LogP contribution in [0.15, 0.2) is 85.5 Å². The molecule has 3 fully saturated rings. The van der Waals surface area contributed by atoms with Gasteiger partial charge in [-0.1, -0.05) is 18.6 Å². The molecule has 12 nitrogen and oxygen atoms in total. The number of halogens is 7. The van der Waals surface area contributed by atoms with E-state index in [-0.39, 0.29) is 38.0 Å². The van der Waals surface area contributed by atoms with Crippen molar-refractivity contribution in [2.45, 2.75) is 74.5 Å². The lowest BCUT2D eigenvalue weighted by atomic mass is 9.72. The second-order valence-corrected chi connectivity index (χ2v) is 20.0. The van der Waals surface area contributed by atoms with E-state index in [1.807, 2.05) is 48.5 Å². The third kappa shape index (κ3) is 10.1. The summed E-state index contributed by atoms with van der Waals surface area (Å²) < 4.78 is 96.9. The molecule has 6 aromatic rings. The zero-order chi connectivity index (χ0) is 51.3. The first-order valence-corrected chi connectivity index (χ1v) is 24.9. The molecule has 73 heavy (non-hydrogen) atoms. The molecule has 4 aromatic heterocycles. The standard InChI is InChI=1S/C31H36F3N5O2.C23H20F4N4O/c1-37-26-20-35-25-8-6-22(23-7-9-27(36-19-23)41-17-5-14-38-12-3-2-4-13-38)18-24(25)28(26)30(29(37)40)10-15-39(16-11-30)21-31(32,33)34;1-30-18-12-28-17-4-2-14(15-3-5-19(24)29-11-15)10-16(17)20(18)22(21(30)32)6-8-31(9-7-22)13-23(25,26)27/h6-9,18-20H,2-5,10-17,21H2,1H3;2-5,10-12H,6-9,13H2,1H3. The van der Waals surface area contributed by atoms with E-state index < -0.39 is 42.2 Å². The number of benzene rings is 2. The SMILES string of the molecule is CN1C(=O)C2(CCN(CC(F)(F)F)CC2)c2c1cnc1ccc(-c3ccc(F)nc3)cc21.CN1C(=O)C2(CCN(CC(F)(F)F)CC2)c2c1cnc1ccc(-c3ccc(OCCCN4CCCCC4)nc3)cc21. The van der Waals surface area contributed by atoms with Crippen LogP contribution in [-0.4, -0.2) is 138 Å². The zero-order valence-electron chi connectivity index (χ0n) is 40.7. The number of alkyl halides is 6. The number of carbonyl (C=O) groups excluding carboxylic acids is 2. The predicted molar refractivity (Wildman–Crippen MR) is 264 cm³/mol. The van der Waals surface area contributed by atoms with Gasteiger partial charge in [0.15, 0.2) is 0 Å². The molecule has 0 N–H and O–H groups in total. The van der Waals surface area contributed by atoms with Crippen LogP contribution >= 0.6 is 0 Å². The number of carbonyl (C=O) groups is 2. The van der Waals surface area contributed by atoms with Gasteiger partial charge < -0.3 is 19.4 Å². The lowest BCUT2D eigenvalue weighted by Crippen LogP contribution is -2.50. The molecule has 19 heteroatoms. The van der Waals surface area contributed by atoms with E-state index in [1.54, 1.807) is 48.6 Å². The number of piperidine rings is 3. The Morgan fingerprint density at radius 3 is 1.45 bits per heavy atom. The van der Waals surface area contributed by atoms with Gasteiger partial charge in [0.25, 0.3) is 0 Å². The van der Waals surface area contributed by atoms with Crippen molar-refractivity contribution >= 4 is 45.0 Å². The van der Waals surface area contributed by atoms with Crippen molar-refractivity contribution in [2.75, 3.05) is 89.4 Å². The maximum atomic E-state index is 13.6. The lowest BCUT2D eigenvalue weighted by Gasteiger charge is -2.38. The van der Waals surface area contributed by atoms with E-state index in [0.29, 0.717) is 49.4 Å². The maximum absolute atomic E-state index is 13.6. The van der Waals surface area contributed by atoms with Gasteiger partial charge in [0.1, 0.15) is 0 Å². The molecule has 2 spiro atoms. The van der Waals surface area contributed by atoms with Gasteiger partial charge in [-0.05, 0) is 138 Å². The van der Waals surface area contributed by atoms with Crippen molar-refractivity contribution in [2.24, 2.45) is 0 Å². The number of likely N-dealkylation sites (tertiary alicyclic amines) is 3. The van der Waals surface area contributed by atoms with Gasteiger partial charge in [-0.2, -0.15) is 30.7 Å². The third-order valence-electron chi connectivity index (χ3n) is 15.5. The summed E-state index contributed by atoms with van der Waals surface area (Å²) in [6, 6.07) is 18.3. The minimum absolute atomic E-state index is 0.0673. The van der Waals surface area contributed by atoms with E-state index in [2.05, 4.69) is 24.8 Å². The number of nitrogens with zero attached hydrogens (tertiary/aromatic N) is 9. The highest BCUT2D eigenvalue weighted by Gasteiger charge is 2.54. The number of anilines is 2. The average Bonchev–Trinajstić information content (AvgIpc) is 3.72. The maximum Gasteiger partial charge on any atom is 0.401 e. The molecule has 0 atom stereocenters. The Labute approximate surface area is 418 Å². The molecule has 0 aliphatic carbocycles. The Balaban J connectivity index is 0.000000173. The number of hydrogen-bond donors (Lipinski definition) is 0. The van der Waals surface area contributed by atoms with E-state index in [4.69, 9.17) is 4.74 Å². The normalized spacial score (nSPS) is 19.2. The average molecular weight is 1010 g/mol. The minimum atomic E-state index is -4.27. The topological polar surface area (TPSA) is 111 Å². The van der Waals surface area contributed by atoms with Crippen LogP contribution in [0.3, 0.4) is 0 Å². The smallest absolute Gasteiger partial charge is 0.401 e. The molecular weight excluding hydrogens is 956 g/mol. The highest BCUT2D eigenvalue weighted by molar-refractivity contribution is 6.13. The number of rotatable bonds is 9. The van der Waals surface area contributed by atoms with Crippen LogP contribution in [0.4, 0.5) is 42.1 Å². The van der Waals surface area contributed by atoms with Gasteiger partial charge in [0, 0.05) is 72.1 Å². The Kier molecular flexibility index (Phi) is 13.7. The second kappa shape index (κ2) is 19.8. The molecule has 0 saturated carbocycles. The number of amides is 2. The second-order valence-electron chi connectivity index (χ2n) is 20.0. The first kappa shape index (κ1) is 50.2. The summed E-state index contributed by atoms with van der Waals surface area (Å²) in [6.07, 6.45) is 4.24. The largest absolute Gasteiger partial charge is 0.478 e. The predicted octanol–water partition coefficient (Wildman–Crippen LogP) is 9.73. The van der Waals surface area contributed by atoms with Crippen molar-refractivity contribution in [3.05, 3.63) is 103 Å². The van der Waals surface area contributed by atoms with Crippen LogP contribution < -0.4 is 14.5 Å². The molecule has 2 aromatic carbocycles. The highest BCUT2D eigenvalue weighted by atomic mass is 19.4. The van der Waals surface area contributed by atoms with Gasteiger partial charge in [-0.25, -0.2) is 9.97 Å². The summed E-state index contributed by atoms with van der Waals surface area (Å²) in [5.41, 5.74) is 6.20. The highest BCUT2D eigenvalue weighted by Crippen LogP contribution is 2.52. The molecule has 9 heterocycles. The lowest BCUT2D eigenvalue weighted by molar-refractivity contribution is -0.151. The molecule has 5 aliphatic heterocycles. The molecule has 0 bridgehead atoms. The molecule has 384 valence electrons. The van der Waals surface area contributed by atoms with Gasteiger partial charge in [-0.15, -0.1) is 0 Å². The van der Waals surface area contributed by atoms with Crippen molar-refractivity contribution in [3.63, 3.8) is 0 Å². The summed E-state index contributed by atoms with van der Waals surface area (Å²) in [5.74, 6) is -0.161. The summed E-state index contributed by atoms with van der Waals surface area (Å²) in [5, 5.41) is 1.64. The fourth-order valence-electron chi connectivity index (χ4n) is 11.8. The number of hydrogen-bond acceptors (Lipinski definition) is 10. The molecule has 0 unspecified atom stereocenters. The van der Waals surface area contributed by atoms with Crippen LogP contribution in [-0.2, 0) is 20.4 Å². The quantitative estimate of drug-likeness (QED) is 0.0789. The van der Waals surface area contributed by atoms with E-state index in [0.717, 1.165) is 68.3 Å². The molecular formula is C54H56F7N9O3. The summed E-state index contributed by atoms with van der Waals surface area (Å²) in [4.78, 5) is 52.7. The van der Waals surface area contributed by atoms with E-state index in [9.17, 15) is 40.3 Å². The first-order valence-electron chi connectivity index (χ1n) is 24.9. The van der Waals surface area contributed by atoms with Crippen LogP contribution in [0.25, 0.3) is 44.1 Å². The number of likely N-dealkylation sites (N-methyl/N-ethyl adjacent to an activating group) is 2. The van der Waals surface area contributed by atoms with Crippen LogP contribution in [0.5, 0.6) is 5.88 Å². The summed E-state index contributed by atoms with van der Waals surface area (Å²) >= 11 is 0. The van der Waals surface area contributed by atoms with E-state index in [1.165, 1.54) is 54.4 Å². The monoisotopic (exact) mass is 1010 g/mol. The third-order valence-corrected chi connectivity index (χ3v) is 15.5. The molecule has 11 rings (SSSR count). The Morgan fingerprint density at radius 2 is 1.01 bits per heavy atom. The van der Waals surface area contributed by atoms with Gasteiger partial charge in [0.05, 0.1) is 65.3 Å². The van der Waals surface area contributed by atoms with Crippen molar-refractivity contribution in [1.82, 2.24) is 34.6 Å². The fourth-order valence-corrected chi connectivity index (χ4v) is 11.8. The summed E-state index contributed by atoms with van der Waals surface area (Å²) in [7, 11) is 3.41. The van der Waals surface area contributed by atoms with Gasteiger partial charge in [-0.3, -0.25) is 29.4 Å². The molecule has 0 radical (unpaired) electrons. The van der Waals surface area contributed by atoms with Crippen LogP contribution in [0.1, 0.15) is 62.5 Å². The first-order chi connectivity index (χ1) is 34.9. The number of aromatic nitrogens is 4. The number of pyridine rings is 4. The summed E-state index contributed by atoms with van der Waals surface area (Å²) in [6.45, 7) is 2.91. The Bertz CT molecular complexity index is 3000. The van der Waals surface area contributed by atoms with Crippen LogP contribution in [0, 0.1) is 5.95 Å². The molecule has 2 amide bonds. The fraction of sp³-hybridized carbons (Fsp3) is 0.444. The van der Waals surface area contributed by atoms with Gasteiger partial charge >= 0.3 is 12.4 Å². The Morgan fingerprint density at radius 1 is 0.548 bits per heavy atom. The van der Waals surface area contributed by atoms with Gasteiger partial charge in [0.2, 0.25) is 23.6 Å². The molecule has 3 saturated heterocycles. The minimum Gasteiger partial charge on any atom is -0.478 e. The number of ether oxygens (including phenoxy) is 1. The number of fused-ring (bicyclic) bond motifs is 8. The van der Waals surface area contributed by atoms with Crippen LogP contribution in [0.2, 0.25) is 0 Å². The van der Waals surface area contributed by atoms with Crippen molar-refractivity contribution in [3.8, 4) is 28.1 Å². The van der Waals surface area contributed by atoms with Crippen molar-refractivity contribution < 1.29 is 45.1 Å². The van der Waals surface area contributed by atoms with E-state index >= 15 is 0 Å². The van der Waals surface area contributed by atoms with Crippen molar-refractivity contribution in [1.29, 1.82) is 0 Å².